The number of hydrogen-bond acceptors (Lipinski definition) is 2. The highest BCUT2D eigenvalue weighted by Crippen LogP contribution is 2.51. The number of anilines is 3. The predicted molar refractivity (Wildman–Crippen MR) is 257 cm³/mol. The zero-order chi connectivity index (χ0) is 40.7. The third-order valence-electron chi connectivity index (χ3n) is 13.1. The van der Waals surface area contributed by atoms with E-state index in [1.165, 1.54) is 66.1 Å². The first-order valence-electron chi connectivity index (χ1n) is 21.2. The molecule has 0 saturated heterocycles. The van der Waals surface area contributed by atoms with Gasteiger partial charge in [0.15, 0.2) is 0 Å². The summed E-state index contributed by atoms with van der Waals surface area (Å²) in [5, 5.41) is 7.17. The molecule has 0 spiro atoms. The summed E-state index contributed by atoms with van der Waals surface area (Å²) in [4.78, 5) is 2.44. The fraction of sp³-hybridized carbons (Fsp3) is 0.0508. The lowest BCUT2D eigenvalue weighted by atomic mass is 9.82. The topological polar surface area (TPSA) is 16.4 Å². The van der Waals surface area contributed by atoms with Crippen molar-refractivity contribution < 1.29 is 4.42 Å². The smallest absolute Gasteiger partial charge is 0.136 e. The summed E-state index contributed by atoms with van der Waals surface area (Å²) in [6.45, 7) is 4.71. The Morgan fingerprint density at radius 2 is 0.918 bits per heavy atom. The molecule has 11 aromatic rings. The molecule has 0 unspecified atom stereocenters. The zero-order valence-electron chi connectivity index (χ0n) is 34.1. The van der Waals surface area contributed by atoms with Crippen LogP contribution in [0, 0.1) is 0 Å². The highest BCUT2D eigenvalue weighted by molar-refractivity contribution is 6.11. The fourth-order valence-electron chi connectivity index (χ4n) is 9.92. The molecule has 1 aliphatic rings. The molecule has 0 N–H and O–H groups in total. The van der Waals surface area contributed by atoms with Crippen LogP contribution in [0.25, 0.3) is 88.0 Å². The molecule has 288 valence electrons. The summed E-state index contributed by atoms with van der Waals surface area (Å²) >= 11 is 0. The molecular formula is C59H41NO. The van der Waals surface area contributed by atoms with Crippen LogP contribution in [0.3, 0.4) is 0 Å². The number of hydrogen-bond donors (Lipinski definition) is 0. The minimum atomic E-state index is -0.132. The van der Waals surface area contributed by atoms with Crippen LogP contribution in [0.2, 0.25) is 0 Å². The van der Waals surface area contributed by atoms with Gasteiger partial charge in [0, 0.05) is 33.1 Å². The van der Waals surface area contributed by atoms with Gasteiger partial charge in [-0.3, -0.25) is 0 Å². The second-order valence-electron chi connectivity index (χ2n) is 16.9. The van der Waals surface area contributed by atoms with E-state index in [1.807, 2.05) is 0 Å². The van der Waals surface area contributed by atoms with Crippen molar-refractivity contribution in [3.63, 3.8) is 0 Å². The van der Waals surface area contributed by atoms with Crippen LogP contribution in [0.15, 0.2) is 217 Å². The van der Waals surface area contributed by atoms with Gasteiger partial charge < -0.3 is 9.32 Å². The second-order valence-corrected chi connectivity index (χ2v) is 16.9. The first kappa shape index (κ1) is 35.3. The molecule has 2 nitrogen and oxygen atoms in total. The number of para-hydroxylation sites is 1. The first-order valence-corrected chi connectivity index (χ1v) is 21.2. The van der Waals surface area contributed by atoms with E-state index in [9.17, 15) is 0 Å². The summed E-state index contributed by atoms with van der Waals surface area (Å²) in [6, 6.07) is 77.5. The fourth-order valence-corrected chi connectivity index (χ4v) is 9.92. The Morgan fingerprint density at radius 1 is 0.344 bits per heavy atom. The van der Waals surface area contributed by atoms with Crippen LogP contribution >= 0.6 is 0 Å². The van der Waals surface area contributed by atoms with Gasteiger partial charge in [0.1, 0.15) is 11.2 Å². The minimum Gasteiger partial charge on any atom is -0.456 e. The van der Waals surface area contributed by atoms with Gasteiger partial charge in [-0.2, -0.15) is 0 Å². The molecule has 10 aromatic carbocycles. The van der Waals surface area contributed by atoms with Gasteiger partial charge in [-0.25, -0.2) is 0 Å². The summed E-state index contributed by atoms with van der Waals surface area (Å²) in [5.74, 6) is 0. The highest BCUT2D eigenvalue weighted by atomic mass is 16.3. The van der Waals surface area contributed by atoms with Gasteiger partial charge in [-0.1, -0.05) is 172 Å². The Kier molecular flexibility index (Phi) is 7.92. The lowest BCUT2D eigenvalue weighted by molar-refractivity contribution is 0.660. The third-order valence-corrected chi connectivity index (χ3v) is 13.1. The van der Waals surface area contributed by atoms with E-state index in [-0.39, 0.29) is 5.41 Å². The maximum absolute atomic E-state index is 6.44. The van der Waals surface area contributed by atoms with Crippen molar-refractivity contribution in [2.45, 2.75) is 19.3 Å². The van der Waals surface area contributed by atoms with E-state index in [0.717, 1.165) is 50.1 Å². The zero-order valence-corrected chi connectivity index (χ0v) is 34.1. The molecule has 0 radical (unpaired) electrons. The second kappa shape index (κ2) is 13.7. The van der Waals surface area contributed by atoms with Crippen LogP contribution < -0.4 is 4.90 Å². The molecule has 0 saturated carbocycles. The molecule has 0 amide bonds. The van der Waals surface area contributed by atoms with Crippen molar-refractivity contribution in [3.8, 4) is 44.5 Å². The molecule has 0 bridgehead atoms. The van der Waals surface area contributed by atoms with Crippen molar-refractivity contribution in [1.29, 1.82) is 0 Å². The average Bonchev–Trinajstić information content (AvgIpc) is 3.78. The summed E-state index contributed by atoms with van der Waals surface area (Å²) in [7, 11) is 0. The van der Waals surface area contributed by atoms with Crippen molar-refractivity contribution in [3.05, 3.63) is 223 Å². The summed E-state index contributed by atoms with van der Waals surface area (Å²) < 4.78 is 6.44. The normalized spacial score (nSPS) is 12.9. The molecule has 0 aliphatic heterocycles. The SMILES string of the molecule is CC1(C)c2ccccc2-c2ccc(N(c3ccc(-c4ccc(-c5cccc6ccccc56)cc4)cc3)c3ccccc3-c3ccc4oc5cc6ccccc6cc5c4c3)cc21. The molecular weight excluding hydrogens is 739 g/mol. The molecule has 61 heavy (non-hydrogen) atoms. The van der Waals surface area contributed by atoms with E-state index in [0.29, 0.717) is 0 Å². The van der Waals surface area contributed by atoms with Crippen LogP contribution in [0.1, 0.15) is 25.0 Å². The molecule has 0 atom stereocenters. The third kappa shape index (κ3) is 5.71. The van der Waals surface area contributed by atoms with Gasteiger partial charge in [-0.15, -0.1) is 0 Å². The molecule has 1 heterocycles. The number of fused-ring (bicyclic) bond motifs is 8. The Labute approximate surface area is 355 Å². The average molecular weight is 780 g/mol. The van der Waals surface area contributed by atoms with E-state index in [4.69, 9.17) is 4.42 Å². The van der Waals surface area contributed by atoms with E-state index in [2.05, 4.69) is 231 Å². The standard InChI is InChI=1S/C59H41NO/c1-59(2)54-20-9-7-18-50(54)51-32-31-46(37-55(51)59)60(45-29-26-39(27-30-45)38-22-24-41(25-23-38)48-19-11-15-40-12-5-6-16-47(40)48)56-21-10-8-17-49(56)44-28-33-57-52(35-44)53-34-42-13-3-4-14-43(42)36-58(53)61-57/h3-37H,1-2H3. The Morgan fingerprint density at radius 3 is 1.74 bits per heavy atom. The van der Waals surface area contributed by atoms with Crippen LogP contribution in [0.4, 0.5) is 17.1 Å². The number of rotatable bonds is 6. The lowest BCUT2D eigenvalue weighted by Gasteiger charge is -2.30. The van der Waals surface area contributed by atoms with Gasteiger partial charge in [0.25, 0.3) is 0 Å². The van der Waals surface area contributed by atoms with E-state index in [1.54, 1.807) is 0 Å². The molecule has 0 fully saturated rings. The number of nitrogens with zero attached hydrogens (tertiary/aromatic N) is 1. The molecule has 1 aliphatic carbocycles. The number of furan rings is 1. The van der Waals surface area contributed by atoms with Crippen LogP contribution in [-0.2, 0) is 5.41 Å². The molecule has 12 rings (SSSR count). The monoisotopic (exact) mass is 779 g/mol. The van der Waals surface area contributed by atoms with Crippen molar-refractivity contribution >= 4 is 60.5 Å². The summed E-state index contributed by atoms with van der Waals surface area (Å²) in [5.41, 5.74) is 17.5. The largest absolute Gasteiger partial charge is 0.456 e. The van der Waals surface area contributed by atoms with Crippen LogP contribution in [-0.4, -0.2) is 0 Å². The van der Waals surface area contributed by atoms with Crippen molar-refractivity contribution in [2.24, 2.45) is 0 Å². The Balaban J connectivity index is 0.979. The van der Waals surface area contributed by atoms with Crippen molar-refractivity contribution in [1.82, 2.24) is 0 Å². The number of benzene rings is 10. The minimum absolute atomic E-state index is 0.132. The van der Waals surface area contributed by atoms with E-state index < -0.39 is 0 Å². The van der Waals surface area contributed by atoms with Gasteiger partial charge in [0.05, 0.1) is 5.69 Å². The van der Waals surface area contributed by atoms with Gasteiger partial charge in [0.2, 0.25) is 0 Å². The predicted octanol–water partition coefficient (Wildman–Crippen LogP) is 16.7. The van der Waals surface area contributed by atoms with Gasteiger partial charge >= 0.3 is 0 Å². The Bertz CT molecular complexity index is 3490. The molecule has 1 aromatic heterocycles. The first-order chi connectivity index (χ1) is 30.0. The van der Waals surface area contributed by atoms with Gasteiger partial charge in [-0.05, 0) is 126 Å². The quantitative estimate of drug-likeness (QED) is 0.167. The lowest BCUT2D eigenvalue weighted by Crippen LogP contribution is -2.16. The summed E-state index contributed by atoms with van der Waals surface area (Å²) in [6.07, 6.45) is 0. The van der Waals surface area contributed by atoms with Crippen molar-refractivity contribution in [2.75, 3.05) is 4.90 Å². The maximum atomic E-state index is 6.44. The molecule has 2 heteroatoms. The Hall–Kier alpha value is -7.68. The van der Waals surface area contributed by atoms with Crippen LogP contribution in [0.5, 0.6) is 0 Å². The van der Waals surface area contributed by atoms with E-state index >= 15 is 0 Å². The highest BCUT2D eigenvalue weighted by Gasteiger charge is 2.36. The maximum Gasteiger partial charge on any atom is 0.136 e.